The highest BCUT2D eigenvalue weighted by atomic mass is 35.5. The molecule has 0 radical (unpaired) electrons. The second kappa shape index (κ2) is 7.96. The van der Waals surface area contributed by atoms with E-state index in [4.69, 9.17) is 5.73 Å². The second-order valence-corrected chi connectivity index (χ2v) is 5.30. The Balaban J connectivity index is 0.00000400. The molecule has 0 fully saturated rings. The van der Waals surface area contributed by atoms with E-state index < -0.39 is 29.7 Å². The van der Waals surface area contributed by atoms with Crippen molar-refractivity contribution in [2.24, 2.45) is 11.7 Å². The highest BCUT2D eigenvalue weighted by Gasteiger charge is 2.32. The van der Waals surface area contributed by atoms with Gasteiger partial charge in [0.25, 0.3) is 0 Å². The zero-order chi connectivity index (χ0) is 15.5. The lowest BCUT2D eigenvalue weighted by molar-refractivity contribution is -0.137. The molecule has 1 aromatic carbocycles. The van der Waals surface area contributed by atoms with E-state index in [0.717, 1.165) is 12.1 Å². The lowest BCUT2D eigenvalue weighted by Gasteiger charge is -2.21. The zero-order valence-electron chi connectivity index (χ0n) is 11.8. The summed E-state index contributed by atoms with van der Waals surface area (Å²) < 4.78 is 51.0. The van der Waals surface area contributed by atoms with Gasteiger partial charge in [0.1, 0.15) is 5.82 Å². The fourth-order valence-electron chi connectivity index (χ4n) is 1.86. The molecule has 0 saturated heterocycles. The molecule has 3 N–H and O–H groups in total. The molecule has 0 bridgehead atoms. The predicted molar refractivity (Wildman–Crippen MR) is 75.7 cm³/mol. The minimum absolute atomic E-state index is 0. The minimum Gasteiger partial charge on any atom is -0.391 e. The first-order chi connectivity index (χ1) is 9.12. The molecule has 0 aliphatic rings. The first kappa shape index (κ1) is 20.1. The Morgan fingerprint density at radius 3 is 2.19 bits per heavy atom. The summed E-state index contributed by atoms with van der Waals surface area (Å²) in [5, 5.41) is 9.86. The zero-order valence-corrected chi connectivity index (χ0v) is 12.6. The molecule has 2 nitrogen and oxygen atoms in total. The van der Waals surface area contributed by atoms with E-state index >= 15 is 0 Å². The third-order valence-corrected chi connectivity index (χ3v) is 3.14. The van der Waals surface area contributed by atoms with Gasteiger partial charge in [0.2, 0.25) is 0 Å². The van der Waals surface area contributed by atoms with Crippen molar-refractivity contribution in [3.05, 3.63) is 35.1 Å². The third-order valence-electron chi connectivity index (χ3n) is 3.14. The fraction of sp³-hybridized carbons (Fsp3) is 0.571. The van der Waals surface area contributed by atoms with E-state index in [2.05, 4.69) is 0 Å². The number of nitrogens with two attached hydrogens (primary N) is 1. The van der Waals surface area contributed by atoms with E-state index in [0.29, 0.717) is 24.8 Å². The summed E-state index contributed by atoms with van der Waals surface area (Å²) in [5.74, 6) is -0.690. The number of alkyl halides is 3. The van der Waals surface area contributed by atoms with Crippen molar-refractivity contribution in [1.29, 1.82) is 0 Å². The molecule has 7 heteroatoms. The molecule has 0 aromatic heterocycles. The molecule has 21 heavy (non-hydrogen) atoms. The summed E-state index contributed by atoms with van der Waals surface area (Å²) >= 11 is 0. The van der Waals surface area contributed by atoms with Gasteiger partial charge >= 0.3 is 6.18 Å². The summed E-state index contributed by atoms with van der Waals surface area (Å²) in [7, 11) is 0. The van der Waals surface area contributed by atoms with Crippen LogP contribution in [-0.4, -0.2) is 11.2 Å². The maximum Gasteiger partial charge on any atom is 0.416 e. The molecule has 0 unspecified atom stereocenters. The van der Waals surface area contributed by atoms with Crippen LogP contribution in [0.15, 0.2) is 18.2 Å². The molecule has 2 atom stereocenters. The number of hydrogen-bond donors (Lipinski definition) is 2. The highest BCUT2D eigenvalue weighted by Crippen LogP contribution is 2.31. The summed E-state index contributed by atoms with van der Waals surface area (Å²) in [6.07, 6.45) is -4.50. The van der Waals surface area contributed by atoms with Crippen molar-refractivity contribution in [3.8, 4) is 0 Å². The minimum atomic E-state index is -4.60. The van der Waals surface area contributed by atoms with Crippen molar-refractivity contribution in [2.75, 3.05) is 0 Å². The standard InChI is InChI=1S/C14H19F4NO.ClH/c1-8(2)3-6-12(20)13(19)10-5-4-9(7-11(10)15)14(16,17)18;/h4-5,7-8,12-13,20H,3,6,19H2,1-2H3;1H/t12-,13+;/m0./s1. The number of rotatable bonds is 5. The first-order valence-electron chi connectivity index (χ1n) is 6.43. The maximum absolute atomic E-state index is 13.7. The topological polar surface area (TPSA) is 46.2 Å². The van der Waals surface area contributed by atoms with Gasteiger partial charge in [-0.1, -0.05) is 19.9 Å². The van der Waals surface area contributed by atoms with Crippen LogP contribution in [0, 0.1) is 11.7 Å². The van der Waals surface area contributed by atoms with Gasteiger partial charge in [-0.3, -0.25) is 0 Å². The molecule has 0 heterocycles. The number of aliphatic hydroxyl groups excluding tert-OH is 1. The van der Waals surface area contributed by atoms with E-state index in [9.17, 15) is 22.7 Å². The van der Waals surface area contributed by atoms with Crippen LogP contribution in [0.4, 0.5) is 17.6 Å². The molecule has 0 amide bonds. The van der Waals surface area contributed by atoms with Gasteiger partial charge < -0.3 is 10.8 Å². The summed E-state index contributed by atoms with van der Waals surface area (Å²) in [6, 6.07) is 1.13. The summed E-state index contributed by atoms with van der Waals surface area (Å²) in [5.41, 5.74) is 4.54. The van der Waals surface area contributed by atoms with Crippen LogP contribution >= 0.6 is 12.4 Å². The smallest absolute Gasteiger partial charge is 0.391 e. The van der Waals surface area contributed by atoms with E-state index in [1.807, 2.05) is 13.8 Å². The Morgan fingerprint density at radius 2 is 1.76 bits per heavy atom. The van der Waals surface area contributed by atoms with Crippen molar-refractivity contribution in [3.63, 3.8) is 0 Å². The number of benzene rings is 1. The van der Waals surface area contributed by atoms with Crippen LogP contribution < -0.4 is 5.73 Å². The van der Waals surface area contributed by atoms with Gasteiger partial charge in [-0.25, -0.2) is 4.39 Å². The number of aliphatic hydroxyl groups is 1. The van der Waals surface area contributed by atoms with Crippen molar-refractivity contribution in [2.45, 2.75) is 45.0 Å². The SMILES string of the molecule is CC(C)CC[C@H](O)[C@H](N)c1ccc(C(F)(F)F)cc1F.Cl. The fourth-order valence-corrected chi connectivity index (χ4v) is 1.86. The van der Waals surface area contributed by atoms with Crippen molar-refractivity contribution in [1.82, 2.24) is 0 Å². The van der Waals surface area contributed by atoms with Crippen molar-refractivity contribution < 1.29 is 22.7 Å². The van der Waals surface area contributed by atoms with Gasteiger partial charge in [0.15, 0.2) is 0 Å². The van der Waals surface area contributed by atoms with Crippen LogP contribution in [-0.2, 0) is 6.18 Å². The van der Waals surface area contributed by atoms with Crippen LogP contribution in [0.3, 0.4) is 0 Å². The van der Waals surface area contributed by atoms with E-state index in [-0.39, 0.29) is 18.0 Å². The first-order valence-corrected chi connectivity index (χ1v) is 6.43. The van der Waals surface area contributed by atoms with Crippen molar-refractivity contribution >= 4 is 12.4 Å². The maximum atomic E-state index is 13.7. The molecular formula is C14H20ClF4NO. The molecule has 0 saturated carbocycles. The lowest BCUT2D eigenvalue weighted by atomic mass is 9.95. The molecule has 0 spiro atoms. The molecule has 0 aliphatic heterocycles. The Hall–Kier alpha value is -0.850. The monoisotopic (exact) mass is 329 g/mol. The van der Waals surface area contributed by atoms with Crippen LogP contribution in [0.2, 0.25) is 0 Å². The number of hydrogen-bond acceptors (Lipinski definition) is 2. The van der Waals surface area contributed by atoms with Gasteiger partial charge in [0, 0.05) is 5.56 Å². The van der Waals surface area contributed by atoms with E-state index in [1.165, 1.54) is 0 Å². The Morgan fingerprint density at radius 1 is 1.19 bits per heavy atom. The molecular weight excluding hydrogens is 310 g/mol. The second-order valence-electron chi connectivity index (χ2n) is 5.30. The molecule has 1 rings (SSSR count). The summed E-state index contributed by atoms with van der Waals surface area (Å²) in [4.78, 5) is 0. The Labute approximate surface area is 127 Å². The quantitative estimate of drug-likeness (QED) is 0.800. The van der Waals surface area contributed by atoms with Crippen LogP contribution in [0.5, 0.6) is 0 Å². The molecule has 122 valence electrons. The predicted octanol–water partition coefficient (Wildman–Crippen LogP) is 4.06. The van der Waals surface area contributed by atoms with Gasteiger partial charge in [-0.05, 0) is 30.9 Å². The highest BCUT2D eigenvalue weighted by molar-refractivity contribution is 5.85. The summed E-state index contributed by atoms with van der Waals surface area (Å²) in [6.45, 7) is 3.94. The normalized spacial score (nSPS) is 14.7. The molecule has 0 aliphatic carbocycles. The lowest BCUT2D eigenvalue weighted by Crippen LogP contribution is -2.27. The molecule has 1 aromatic rings. The van der Waals surface area contributed by atoms with Crippen LogP contribution in [0.25, 0.3) is 0 Å². The average Bonchev–Trinajstić information content (AvgIpc) is 2.33. The largest absolute Gasteiger partial charge is 0.416 e. The Bertz CT molecular complexity index is 451. The van der Waals surface area contributed by atoms with Gasteiger partial charge in [-0.2, -0.15) is 13.2 Å². The number of halogens is 5. The Kier molecular flexibility index (Phi) is 7.64. The average molecular weight is 330 g/mol. The van der Waals surface area contributed by atoms with Gasteiger partial charge in [0.05, 0.1) is 17.7 Å². The van der Waals surface area contributed by atoms with Crippen LogP contribution in [0.1, 0.15) is 43.9 Å². The third kappa shape index (κ3) is 5.80. The van der Waals surface area contributed by atoms with Gasteiger partial charge in [-0.15, -0.1) is 12.4 Å². The van der Waals surface area contributed by atoms with E-state index in [1.54, 1.807) is 0 Å².